The molecule has 0 aliphatic heterocycles. The lowest BCUT2D eigenvalue weighted by molar-refractivity contribution is -0.130. The van der Waals surface area contributed by atoms with Gasteiger partial charge in [0.25, 0.3) is 11.8 Å². The van der Waals surface area contributed by atoms with Crippen molar-refractivity contribution in [3.05, 3.63) is 49.3 Å². The smallest absolute Gasteiger partial charge is 0.267 e. The van der Waals surface area contributed by atoms with Gasteiger partial charge in [0, 0.05) is 13.4 Å². The molecular formula is C14H5Br9N2O2. The Kier molecular flexibility index (Phi) is 8.99. The Bertz CT molecular complexity index is 870. The lowest BCUT2D eigenvalue weighted by Crippen LogP contribution is -2.60. The van der Waals surface area contributed by atoms with E-state index >= 15 is 0 Å². The summed E-state index contributed by atoms with van der Waals surface area (Å²) < 4.78 is 0.936. The van der Waals surface area contributed by atoms with Crippen LogP contribution in [0.25, 0.3) is 5.57 Å². The summed E-state index contributed by atoms with van der Waals surface area (Å²) in [7, 11) is 0. The number of benzene rings is 1. The highest BCUT2D eigenvalue weighted by Crippen LogP contribution is 2.58. The van der Waals surface area contributed by atoms with Gasteiger partial charge in [-0.3, -0.25) is 9.59 Å². The minimum Gasteiger partial charge on any atom is -0.271 e. The summed E-state index contributed by atoms with van der Waals surface area (Å²) in [5.41, 5.74) is 1.55. The number of hydrogen-bond donors (Lipinski definition) is 0. The van der Waals surface area contributed by atoms with Crippen molar-refractivity contribution < 1.29 is 9.59 Å². The zero-order valence-corrected chi connectivity index (χ0v) is 26.8. The van der Waals surface area contributed by atoms with Crippen LogP contribution >= 0.6 is 144 Å². The van der Waals surface area contributed by atoms with Crippen molar-refractivity contribution in [3.63, 3.8) is 0 Å². The van der Waals surface area contributed by atoms with Crippen molar-refractivity contribution in [1.82, 2.24) is 5.90 Å². The van der Waals surface area contributed by atoms with Gasteiger partial charge in [-0.25, -0.2) is 5.90 Å². The lowest BCUT2D eigenvalue weighted by atomic mass is 9.82. The fourth-order valence-corrected chi connectivity index (χ4v) is 8.19. The normalized spacial score (nSPS) is 25.1. The molecule has 0 aromatic heterocycles. The molecule has 0 saturated heterocycles. The molecule has 2 rings (SSSR count). The Labute approximate surface area is 231 Å². The fraction of sp³-hybridized carbons (Fsp3) is 0.143. The fourth-order valence-electron chi connectivity index (χ4n) is 2.36. The highest BCUT2D eigenvalue weighted by Gasteiger charge is 2.63. The largest absolute Gasteiger partial charge is 0.271 e. The molecular weight excluding hydrogens is 947 g/mol. The van der Waals surface area contributed by atoms with E-state index in [0.717, 1.165) is 15.9 Å². The molecule has 2 unspecified atom stereocenters. The molecule has 0 saturated carbocycles. The van der Waals surface area contributed by atoms with Crippen LogP contribution < -0.4 is 0 Å². The van der Waals surface area contributed by atoms with Gasteiger partial charge in [0.15, 0.2) is 8.65 Å². The topological polar surface area (TPSA) is 40.6 Å². The van der Waals surface area contributed by atoms with Crippen molar-refractivity contribution in [2.24, 2.45) is 0 Å². The van der Waals surface area contributed by atoms with Gasteiger partial charge in [-0.15, -0.1) is 0 Å². The molecule has 0 spiro atoms. The lowest BCUT2D eigenvalue weighted by Gasteiger charge is -2.43. The summed E-state index contributed by atoms with van der Waals surface area (Å²) >= 11 is 30.0. The Morgan fingerprint density at radius 2 is 1.37 bits per heavy atom. The Morgan fingerprint density at radius 1 is 0.852 bits per heavy atom. The minimum atomic E-state index is -1.52. The second-order valence-corrected chi connectivity index (χ2v) is 14.7. The zero-order chi connectivity index (χ0) is 20.7. The summed E-state index contributed by atoms with van der Waals surface area (Å²) in [5.74, 6) is -0.961. The third-order valence-corrected chi connectivity index (χ3v) is 11.6. The van der Waals surface area contributed by atoms with Crippen LogP contribution in [0.3, 0.4) is 0 Å². The van der Waals surface area contributed by atoms with Crippen molar-refractivity contribution in [1.29, 1.82) is 0 Å². The van der Waals surface area contributed by atoms with Crippen LogP contribution in [0.5, 0.6) is 0 Å². The number of amides is 2. The van der Waals surface area contributed by atoms with Gasteiger partial charge in [0.2, 0.25) is 0 Å². The first-order valence-corrected chi connectivity index (χ1v) is 13.4. The predicted molar refractivity (Wildman–Crippen MR) is 140 cm³/mol. The third kappa shape index (κ3) is 4.47. The third-order valence-electron chi connectivity index (χ3n) is 3.65. The van der Waals surface area contributed by atoms with E-state index in [0.29, 0.717) is 14.5 Å². The van der Waals surface area contributed by atoms with E-state index in [1.165, 1.54) is 0 Å². The molecule has 4 nitrogen and oxygen atoms in total. The van der Waals surface area contributed by atoms with Crippen LogP contribution in [0.1, 0.15) is 5.56 Å². The maximum Gasteiger partial charge on any atom is 0.267 e. The molecule has 27 heavy (non-hydrogen) atoms. The molecule has 1 aromatic carbocycles. The molecule has 146 valence electrons. The maximum atomic E-state index is 13.1. The highest BCUT2D eigenvalue weighted by molar-refractivity contribution is 9.22. The van der Waals surface area contributed by atoms with Crippen LogP contribution in [0, 0.1) is 0 Å². The Balaban J connectivity index is 2.87. The van der Waals surface area contributed by atoms with Crippen LogP contribution in [-0.2, 0) is 9.59 Å². The van der Waals surface area contributed by atoms with Gasteiger partial charge >= 0.3 is 0 Å². The molecule has 2 amide bonds. The quantitative estimate of drug-likeness (QED) is 0.228. The first-order chi connectivity index (χ1) is 12.4. The van der Waals surface area contributed by atoms with Crippen molar-refractivity contribution in [3.8, 4) is 0 Å². The number of hydrogen-bond acceptors (Lipinski definition) is 2. The first kappa shape index (κ1) is 25.2. The second kappa shape index (κ2) is 9.62. The SMILES string of the molecule is O=C(N(Br)Br)C1(Br)C=C(c2ccccc2Br)C(Br)=C(Br)C1(Br)C(=O)N(Br)Br. The standard InChI is InChI=1S/C14H5Br9N2O2/c15-8-4-2-1-3-6(8)7-5-13(18,11(26)24(20)21)14(19,10(17)9(7)16)12(27)25(22)23/h1-5H. The highest BCUT2D eigenvalue weighted by atomic mass is 79.9. The molecule has 1 aliphatic rings. The van der Waals surface area contributed by atoms with E-state index < -0.39 is 20.5 Å². The van der Waals surface area contributed by atoms with E-state index in [2.05, 4.69) is 144 Å². The number of carbonyl (C=O) groups excluding carboxylic acids is 2. The molecule has 0 heterocycles. The number of allylic oxidation sites excluding steroid dienone is 2. The van der Waals surface area contributed by atoms with Crippen LogP contribution in [0.2, 0.25) is 0 Å². The van der Waals surface area contributed by atoms with E-state index in [4.69, 9.17) is 0 Å². The van der Waals surface area contributed by atoms with Crippen molar-refractivity contribution >= 4 is 162 Å². The van der Waals surface area contributed by atoms with Gasteiger partial charge in [0.1, 0.15) is 0 Å². The van der Waals surface area contributed by atoms with Crippen molar-refractivity contribution in [2.45, 2.75) is 8.65 Å². The average molecular weight is 952 g/mol. The molecule has 0 N–H and O–H groups in total. The average Bonchev–Trinajstić information content (AvgIpc) is 2.62. The minimum absolute atomic E-state index is 0.421. The number of carbonyl (C=O) groups is 2. The number of nitrogens with zero attached hydrogens (tertiary/aromatic N) is 2. The van der Waals surface area contributed by atoms with Crippen LogP contribution in [0.4, 0.5) is 0 Å². The first-order valence-electron chi connectivity index (χ1n) is 6.63. The van der Waals surface area contributed by atoms with E-state index in [9.17, 15) is 9.59 Å². The van der Waals surface area contributed by atoms with E-state index in [1.54, 1.807) is 6.08 Å². The van der Waals surface area contributed by atoms with Crippen LogP contribution in [0.15, 0.2) is 43.8 Å². The molecule has 0 fully saturated rings. The summed E-state index contributed by atoms with van der Waals surface area (Å²) in [5, 5.41) is 0. The Hall–Kier alpha value is 1.96. The summed E-state index contributed by atoms with van der Waals surface area (Å²) in [6, 6.07) is 7.57. The monoisotopic (exact) mass is 943 g/mol. The molecule has 1 aliphatic carbocycles. The predicted octanol–water partition coefficient (Wildman–Crippen LogP) is 8.01. The van der Waals surface area contributed by atoms with Crippen LogP contribution in [-0.4, -0.2) is 26.4 Å². The van der Waals surface area contributed by atoms with Gasteiger partial charge in [-0.1, -0.05) is 81.9 Å². The summed E-state index contributed by atoms with van der Waals surface area (Å²) in [4.78, 5) is 26.2. The van der Waals surface area contributed by atoms with Crippen molar-refractivity contribution in [2.75, 3.05) is 0 Å². The molecule has 1 aromatic rings. The summed E-state index contributed by atoms with van der Waals surface area (Å²) in [6.07, 6.45) is 1.68. The number of alkyl halides is 2. The van der Waals surface area contributed by atoms with Gasteiger partial charge < -0.3 is 0 Å². The Morgan fingerprint density at radius 3 is 1.85 bits per heavy atom. The second-order valence-electron chi connectivity index (χ2n) is 5.11. The zero-order valence-electron chi connectivity index (χ0n) is 12.5. The molecule has 0 bridgehead atoms. The molecule has 0 radical (unpaired) electrons. The summed E-state index contributed by atoms with van der Waals surface area (Å²) in [6.45, 7) is 0. The van der Waals surface area contributed by atoms with Gasteiger partial charge in [-0.2, -0.15) is 0 Å². The van der Waals surface area contributed by atoms with Gasteiger partial charge in [-0.05, 0) is 39.2 Å². The molecule has 13 heteroatoms. The number of halogens is 9. The maximum absolute atomic E-state index is 13.1. The molecule has 2 atom stereocenters. The van der Waals surface area contributed by atoms with Gasteiger partial charge in [0.05, 0.1) is 64.6 Å². The van der Waals surface area contributed by atoms with E-state index in [1.807, 2.05) is 24.3 Å². The van der Waals surface area contributed by atoms with E-state index in [-0.39, 0.29) is 0 Å². The number of rotatable bonds is 3.